The Labute approximate surface area is 103 Å². The van der Waals surface area contributed by atoms with Gasteiger partial charge in [-0.05, 0) is 24.3 Å². The fourth-order valence-corrected chi connectivity index (χ4v) is 1.61. The molecule has 1 aromatic heterocycles. The molecule has 0 saturated heterocycles. The first-order valence-corrected chi connectivity index (χ1v) is 5.33. The molecule has 1 heterocycles. The quantitative estimate of drug-likeness (QED) is 0.908. The van der Waals surface area contributed by atoms with Crippen molar-refractivity contribution in [1.29, 1.82) is 0 Å². The third-order valence-electron chi connectivity index (χ3n) is 2.54. The van der Waals surface area contributed by atoms with Gasteiger partial charge in [-0.15, -0.1) is 0 Å². The van der Waals surface area contributed by atoms with Gasteiger partial charge < -0.3 is 14.4 Å². The van der Waals surface area contributed by atoms with E-state index in [2.05, 4.69) is 0 Å². The summed E-state index contributed by atoms with van der Waals surface area (Å²) >= 11 is 0. The zero-order valence-corrected chi connectivity index (χ0v) is 9.76. The average molecular weight is 249 g/mol. The van der Waals surface area contributed by atoms with E-state index in [1.54, 1.807) is 13.1 Å². The van der Waals surface area contributed by atoms with Gasteiger partial charge in [-0.25, -0.2) is 4.39 Å². The van der Waals surface area contributed by atoms with E-state index in [-0.39, 0.29) is 11.3 Å². The molecule has 0 saturated carbocycles. The smallest absolute Gasteiger partial charge is 0.257 e. The zero-order valence-electron chi connectivity index (χ0n) is 9.76. The largest absolute Gasteiger partial charge is 0.507 e. The number of carbonyl (C=O) groups is 1. The van der Waals surface area contributed by atoms with Gasteiger partial charge in [0, 0.05) is 19.2 Å². The Morgan fingerprint density at radius 1 is 1.44 bits per heavy atom. The molecule has 0 unspecified atom stereocenters. The number of phenols is 1. The number of amides is 1. The van der Waals surface area contributed by atoms with Gasteiger partial charge in [-0.1, -0.05) is 0 Å². The molecule has 94 valence electrons. The van der Waals surface area contributed by atoms with Crippen LogP contribution in [0.4, 0.5) is 4.39 Å². The minimum atomic E-state index is -0.562. The summed E-state index contributed by atoms with van der Waals surface area (Å²) in [5.41, 5.74) is 0.766. The number of benzene rings is 1. The monoisotopic (exact) mass is 249 g/mol. The maximum atomic E-state index is 13.1. The summed E-state index contributed by atoms with van der Waals surface area (Å²) in [7, 11) is 1.57. The zero-order chi connectivity index (χ0) is 13.1. The second kappa shape index (κ2) is 4.91. The first kappa shape index (κ1) is 12.2. The highest BCUT2D eigenvalue weighted by molar-refractivity contribution is 5.96. The number of rotatable bonds is 3. The van der Waals surface area contributed by atoms with Crippen LogP contribution in [0.25, 0.3) is 0 Å². The molecule has 0 spiro atoms. The number of carbonyl (C=O) groups excluding carboxylic acids is 1. The van der Waals surface area contributed by atoms with Crippen molar-refractivity contribution in [2.45, 2.75) is 6.54 Å². The van der Waals surface area contributed by atoms with Gasteiger partial charge in [0.1, 0.15) is 11.6 Å². The van der Waals surface area contributed by atoms with Crippen molar-refractivity contribution in [3.8, 4) is 5.75 Å². The normalized spacial score (nSPS) is 10.3. The lowest BCUT2D eigenvalue weighted by atomic mass is 10.1. The van der Waals surface area contributed by atoms with Crippen LogP contribution in [0.3, 0.4) is 0 Å². The van der Waals surface area contributed by atoms with Crippen LogP contribution in [-0.2, 0) is 6.54 Å². The molecule has 0 fully saturated rings. The Morgan fingerprint density at radius 2 is 2.22 bits per heavy atom. The summed E-state index contributed by atoms with van der Waals surface area (Å²) in [6.07, 6.45) is 3.03. The molecular formula is C13H12FNO3. The molecule has 2 rings (SSSR count). The molecule has 1 aromatic carbocycles. The summed E-state index contributed by atoms with van der Waals surface area (Å²) in [5.74, 6) is -1.25. The van der Waals surface area contributed by atoms with Crippen LogP contribution in [0.5, 0.6) is 5.75 Å². The van der Waals surface area contributed by atoms with Gasteiger partial charge in [0.2, 0.25) is 0 Å². The number of nitrogens with zero attached hydrogens (tertiary/aromatic N) is 1. The number of halogens is 1. The van der Waals surface area contributed by atoms with Gasteiger partial charge >= 0.3 is 0 Å². The fraction of sp³-hybridized carbons (Fsp3) is 0.154. The second-order valence-corrected chi connectivity index (χ2v) is 3.95. The Hall–Kier alpha value is -2.30. The van der Waals surface area contributed by atoms with Crippen molar-refractivity contribution in [2.24, 2.45) is 0 Å². The summed E-state index contributed by atoms with van der Waals surface area (Å²) in [5, 5.41) is 9.55. The third-order valence-corrected chi connectivity index (χ3v) is 2.54. The van der Waals surface area contributed by atoms with E-state index >= 15 is 0 Å². The summed E-state index contributed by atoms with van der Waals surface area (Å²) in [6.45, 7) is 0.325. The maximum absolute atomic E-state index is 13.1. The molecule has 5 heteroatoms. The maximum Gasteiger partial charge on any atom is 0.257 e. The van der Waals surface area contributed by atoms with Gasteiger partial charge in [-0.3, -0.25) is 4.79 Å². The van der Waals surface area contributed by atoms with Gasteiger partial charge in [-0.2, -0.15) is 0 Å². The van der Waals surface area contributed by atoms with E-state index in [4.69, 9.17) is 4.42 Å². The van der Waals surface area contributed by atoms with Crippen molar-refractivity contribution in [2.75, 3.05) is 7.05 Å². The lowest BCUT2D eigenvalue weighted by Gasteiger charge is -2.16. The predicted molar refractivity (Wildman–Crippen MR) is 62.6 cm³/mol. The molecule has 1 amide bonds. The van der Waals surface area contributed by atoms with Crippen LogP contribution in [0.1, 0.15) is 15.9 Å². The molecule has 0 radical (unpaired) electrons. The fourth-order valence-electron chi connectivity index (χ4n) is 1.61. The number of phenolic OH excluding ortho intramolecular Hbond substituents is 1. The van der Waals surface area contributed by atoms with Crippen LogP contribution >= 0.6 is 0 Å². The van der Waals surface area contributed by atoms with Crippen molar-refractivity contribution in [3.63, 3.8) is 0 Å². The lowest BCUT2D eigenvalue weighted by molar-refractivity contribution is 0.0781. The predicted octanol–water partition coefficient (Wildman–Crippen LogP) is 2.40. The van der Waals surface area contributed by atoms with E-state index in [1.807, 2.05) is 0 Å². The number of furan rings is 1. The molecule has 2 aromatic rings. The van der Waals surface area contributed by atoms with Crippen LogP contribution in [0.2, 0.25) is 0 Å². The third kappa shape index (κ3) is 2.51. The topological polar surface area (TPSA) is 53.7 Å². The van der Waals surface area contributed by atoms with E-state index in [9.17, 15) is 14.3 Å². The van der Waals surface area contributed by atoms with Gasteiger partial charge in [0.15, 0.2) is 0 Å². The molecule has 18 heavy (non-hydrogen) atoms. The summed E-state index contributed by atoms with van der Waals surface area (Å²) < 4.78 is 17.9. The average Bonchev–Trinajstić information content (AvgIpc) is 2.84. The van der Waals surface area contributed by atoms with Crippen LogP contribution < -0.4 is 0 Å². The molecule has 1 N–H and O–H groups in total. The van der Waals surface area contributed by atoms with E-state index in [0.29, 0.717) is 6.54 Å². The molecule has 0 aliphatic heterocycles. The highest BCUT2D eigenvalue weighted by atomic mass is 19.1. The Morgan fingerprint density at radius 3 is 2.89 bits per heavy atom. The van der Waals surface area contributed by atoms with Gasteiger partial charge in [0.05, 0.1) is 18.1 Å². The van der Waals surface area contributed by atoms with E-state index in [1.165, 1.54) is 17.4 Å². The lowest BCUT2D eigenvalue weighted by Crippen LogP contribution is -2.26. The summed E-state index contributed by atoms with van der Waals surface area (Å²) in [6, 6.07) is 5.01. The molecular weight excluding hydrogens is 237 g/mol. The minimum absolute atomic E-state index is 0.0546. The van der Waals surface area contributed by atoms with Crippen molar-refractivity contribution in [3.05, 3.63) is 53.7 Å². The number of aromatic hydroxyl groups is 1. The number of hydrogen-bond acceptors (Lipinski definition) is 3. The molecule has 0 bridgehead atoms. The van der Waals surface area contributed by atoms with Crippen LogP contribution in [0.15, 0.2) is 41.2 Å². The Kier molecular flexibility index (Phi) is 3.32. The molecule has 0 aliphatic carbocycles. The van der Waals surface area contributed by atoms with Crippen LogP contribution in [-0.4, -0.2) is 23.0 Å². The first-order chi connectivity index (χ1) is 8.58. The Bertz CT molecular complexity index is 551. The molecule has 0 atom stereocenters. The highest BCUT2D eigenvalue weighted by Gasteiger charge is 2.17. The second-order valence-electron chi connectivity index (χ2n) is 3.95. The highest BCUT2D eigenvalue weighted by Crippen LogP contribution is 2.20. The molecule has 0 aliphatic rings. The summed E-state index contributed by atoms with van der Waals surface area (Å²) in [4.78, 5) is 13.4. The van der Waals surface area contributed by atoms with Gasteiger partial charge in [0.25, 0.3) is 5.91 Å². The minimum Gasteiger partial charge on any atom is -0.507 e. The van der Waals surface area contributed by atoms with Crippen molar-refractivity contribution in [1.82, 2.24) is 4.90 Å². The standard InChI is InChI=1S/C13H12FNO3/c1-15(7-9-4-5-18-8-9)13(17)11-6-10(14)2-3-12(11)16/h2-6,8,16H,7H2,1H3. The van der Waals surface area contributed by atoms with Crippen molar-refractivity contribution >= 4 is 5.91 Å². The molecule has 4 nitrogen and oxygen atoms in total. The van der Waals surface area contributed by atoms with Crippen LogP contribution in [0, 0.1) is 5.82 Å². The number of hydrogen-bond donors (Lipinski definition) is 1. The first-order valence-electron chi connectivity index (χ1n) is 5.33. The van der Waals surface area contributed by atoms with E-state index in [0.717, 1.165) is 23.8 Å². The SMILES string of the molecule is CN(Cc1ccoc1)C(=O)c1cc(F)ccc1O. The Balaban J connectivity index is 2.17. The van der Waals surface area contributed by atoms with Crippen molar-refractivity contribution < 1.29 is 18.7 Å². The van der Waals surface area contributed by atoms with E-state index < -0.39 is 11.7 Å².